The van der Waals surface area contributed by atoms with Crippen LogP contribution in [-0.2, 0) is 4.79 Å². The molecule has 3 aromatic carbocycles. The minimum atomic E-state index is -0.694. The fourth-order valence-corrected chi connectivity index (χ4v) is 2.43. The molecule has 0 bridgehead atoms. The quantitative estimate of drug-likeness (QED) is 0.554. The van der Waals surface area contributed by atoms with Crippen LogP contribution in [0.1, 0.15) is 12.5 Å². The molecule has 3 aromatic rings. The number of hydrazone groups is 1. The first-order valence-electron chi connectivity index (χ1n) is 7.90. The fourth-order valence-electron chi connectivity index (χ4n) is 2.43. The molecule has 5 nitrogen and oxygen atoms in total. The molecule has 0 spiro atoms. The highest BCUT2D eigenvalue weighted by Gasteiger charge is 2.13. The Hall–Kier alpha value is -3.34. The Morgan fingerprint density at radius 1 is 1.08 bits per heavy atom. The number of para-hydroxylation sites is 1. The molecule has 0 saturated heterocycles. The van der Waals surface area contributed by atoms with Crippen molar-refractivity contribution in [2.75, 3.05) is 0 Å². The van der Waals surface area contributed by atoms with E-state index < -0.39 is 6.10 Å². The summed E-state index contributed by atoms with van der Waals surface area (Å²) in [5, 5.41) is 15.8. The van der Waals surface area contributed by atoms with Crippen LogP contribution in [0, 0.1) is 0 Å². The first kappa shape index (κ1) is 16.5. The molecule has 0 radical (unpaired) electrons. The number of carbonyl (C=O) groups is 1. The Balaban J connectivity index is 1.69. The van der Waals surface area contributed by atoms with Gasteiger partial charge in [0, 0.05) is 5.56 Å². The van der Waals surface area contributed by atoms with Crippen molar-refractivity contribution < 1.29 is 14.6 Å². The van der Waals surface area contributed by atoms with E-state index in [4.69, 9.17) is 4.74 Å². The van der Waals surface area contributed by atoms with Crippen LogP contribution in [0.25, 0.3) is 10.8 Å². The number of nitrogens with zero attached hydrogens (tertiary/aromatic N) is 1. The van der Waals surface area contributed by atoms with Crippen molar-refractivity contribution in [2.45, 2.75) is 13.0 Å². The van der Waals surface area contributed by atoms with Crippen LogP contribution in [0.2, 0.25) is 0 Å². The average molecular weight is 334 g/mol. The highest BCUT2D eigenvalue weighted by Crippen LogP contribution is 2.25. The number of hydrogen-bond acceptors (Lipinski definition) is 4. The van der Waals surface area contributed by atoms with Crippen molar-refractivity contribution in [1.82, 2.24) is 5.43 Å². The number of amides is 1. The van der Waals surface area contributed by atoms with Gasteiger partial charge in [-0.15, -0.1) is 0 Å². The van der Waals surface area contributed by atoms with Gasteiger partial charge in [-0.3, -0.25) is 4.79 Å². The summed E-state index contributed by atoms with van der Waals surface area (Å²) in [6, 6.07) is 20.2. The summed E-state index contributed by atoms with van der Waals surface area (Å²) in [6.07, 6.45) is 0.741. The van der Waals surface area contributed by atoms with Crippen LogP contribution in [0.15, 0.2) is 71.8 Å². The van der Waals surface area contributed by atoms with E-state index in [2.05, 4.69) is 10.5 Å². The lowest BCUT2D eigenvalue weighted by Crippen LogP contribution is -2.33. The molecule has 0 aliphatic heterocycles. The van der Waals surface area contributed by atoms with Gasteiger partial charge >= 0.3 is 0 Å². The average Bonchev–Trinajstić information content (AvgIpc) is 2.64. The van der Waals surface area contributed by atoms with Crippen LogP contribution in [0.5, 0.6) is 11.5 Å². The van der Waals surface area contributed by atoms with Gasteiger partial charge in [0.25, 0.3) is 5.91 Å². The third kappa shape index (κ3) is 3.95. The van der Waals surface area contributed by atoms with E-state index in [9.17, 15) is 9.90 Å². The Kier molecular flexibility index (Phi) is 4.95. The molecule has 0 heterocycles. The van der Waals surface area contributed by atoms with Gasteiger partial charge in [0.2, 0.25) is 0 Å². The van der Waals surface area contributed by atoms with Gasteiger partial charge in [-0.05, 0) is 35.9 Å². The molecule has 0 aromatic heterocycles. The lowest BCUT2D eigenvalue weighted by molar-refractivity contribution is -0.127. The van der Waals surface area contributed by atoms with Gasteiger partial charge < -0.3 is 9.84 Å². The summed E-state index contributed by atoms with van der Waals surface area (Å²) in [4.78, 5) is 12.1. The number of ether oxygens (including phenoxy) is 1. The van der Waals surface area contributed by atoms with E-state index in [1.165, 1.54) is 6.21 Å². The van der Waals surface area contributed by atoms with Crippen LogP contribution < -0.4 is 10.2 Å². The van der Waals surface area contributed by atoms with Crippen LogP contribution in [0.3, 0.4) is 0 Å². The van der Waals surface area contributed by atoms with Gasteiger partial charge in [0.1, 0.15) is 11.5 Å². The SMILES string of the molecule is CC(Oc1ccccc1)C(=O)N/N=C/c1c(O)ccc2ccccc12. The molecule has 0 saturated carbocycles. The molecule has 3 rings (SSSR count). The summed E-state index contributed by atoms with van der Waals surface area (Å²) in [6.45, 7) is 1.65. The van der Waals surface area contributed by atoms with Gasteiger partial charge in [0.15, 0.2) is 6.10 Å². The van der Waals surface area contributed by atoms with E-state index >= 15 is 0 Å². The van der Waals surface area contributed by atoms with Crippen molar-refractivity contribution in [3.63, 3.8) is 0 Å². The topological polar surface area (TPSA) is 70.9 Å². The second kappa shape index (κ2) is 7.49. The molecule has 1 unspecified atom stereocenters. The van der Waals surface area contributed by atoms with Crippen molar-refractivity contribution in [3.8, 4) is 11.5 Å². The summed E-state index contributed by atoms with van der Waals surface area (Å²) in [5.41, 5.74) is 2.99. The number of phenols is 1. The highest BCUT2D eigenvalue weighted by atomic mass is 16.5. The number of phenolic OH excluding ortho intramolecular Hbond substituents is 1. The van der Waals surface area contributed by atoms with Gasteiger partial charge in [-0.25, -0.2) is 5.43 Å². The lowest BCUT2D eigenvalue weighted by Gasteiger charge is -2.12. The zero-order valence-corrected chi connectivity index (χ0v) is 13.7. The Bertz CT molecular complexity index is 907. The first-order chi connectivity index (χ1) is 12.1. The molecule has 1 amide bonds. The molecule has 1 atom stereocenters. The highest BCUT2D eigenvalue weighted by molar-refractivity contribution is 6.02. The standard InChI is InChI=1S/C20H18N2O3/c1-14(25-16-8-3-2-4-9-16)20(24)22-21-13-18-17-10-6-5-7-15(17)11-12-19(18)23/h2-14,23H,1H3,(H,22,24)/b21-13+. The van der Waals surface area contributed by atoms with E-state index in [-0.39, 0.29) is 11.7 Å². The van der Waals surface area contributed by atoms with Gasteiger partial charge in [-0.2, -0.15) is 5.10 Å². The zero-order valence-electron chi connectivity index (χ0n) is 13.7. The van der Waals surface area contributed by atoms with Crippen molar-refractivity contribution >= 4 is 22.9 Å². The predicted octanol–water partition coefficient (Wildman–Crippen LogP) is 3.46. The molecular weight excluding hydrogens is 316 g/mol. The number of rotatable bonds is 5. The number of aromatic hydroxyl groups is 1. The first-order valence-corrected chi connectivity index (χ1v) is 7.90. The van der Waals surface area contributed by atoms with E-state index in [1.54, 1.807) is 25.1 Å². The summed E-state index contributed by atoms with van der Waals surface area (Å²) in [7, 11) is 0. The smallest absolute Gasteiger partial charge is 0.280 e. The normalized spacial score (nSPS) is 12.2. The van der Waals surface area contributed by atoms with E-state index in [0.717, 1.165) is 10.8 Å². The molecule has 126 valence electrons. The molecule has 0 fully saturated rings. The minimum absolute atomic E-state index is 0.102. The maximum atomic E-state index is 12.1. The van der Waals surface area contributed by atoms with Crippen molar-refractivity contribution in [2.24, 2.45) is 5.10 Å². The Morgan fingerprint density at radius 3 is 2.60 bits per heavy atom. The lowest BCUT2D eigenvalue weighted by atomic mass is 10.0. The van der Waals surface area contributed by atoms with Crippen LogP contribution >= 0.6 is 0 Å². The van der Waals surface area contributed by atoms with E-state index in [1.807, 2.05) is 48.5 Å². The monoisotopic (exact) mass is 334 g/mol. The predicted molar refractivity (Wildman–Crippen MR) is 97.9 cm³/mol. The third-order valence-corrected chi connectivity index (χ3v) is 3.74. The molecule has 5 heteroatoms. The number of benzene rings is 3. The van der Waals surface area contributed by atoms with Crippen molar-refractivity contribution in [1.29, 1.82) is 0 Å². The minimum Gasteiger partial charge on any atom is -0.507 e. The Labute approximate surface area is 145 Å². The van der Waals surface area contributed by atoms with Gasteiger partial charge in [0.05, 0.1) is 6.21 Å². The number of nitrogens with one attached hydrogen (secondary N) is 1. The number of hydrogen-bond donors (Lipinski definition) is 2. The molecular formula is C20H18N2O3. The van der Waals surface area contributed by atoms with Gasteiger partial charge in [-0.1, -0.05) is 48.5 Å². The molecule has 0 aliphatic carbocycles. The summed E-state index contributed by atoms with van der Waals surface area (Å²) < 4.78 is 5.54. The van der Waals surface area contributed by atoms with Crippen molar-refractivity contribution in [3.05, 3.63) is 72.3 Å². The molecule has 2 N–H and O–H groups in total. The number of fused-ring (bicyclic) bond motifs is 1. The van der Waals surface area contributed by atoms with Crippen LogP contribution in [0.4, 0.5) is 0 Å². The third-order valence-electron chi connectivity index (χ3n) is 3.74. The second-order valence-corrected chi connectivity index (χ2v) is 5.53. The molecule has 25 heavy (non-hydrogen) atoms. The largest absolute Gasteiger partial charge is 0.507 e. The Morgan fingerprint density at radius 2 is 1.80 bits per heavy atom. The summed E-state index contributed by atoms with van der Waals surface area (Å²) in [5.74, 6) is 0.339. The fraction of sp³-hybridized carbons (Fsp3) is 0.100. The van der Waals surface area contributed by atoms with Crippen LogP contribution in [-0.4, -0.2) is 23.3 Å². The summed E-state index contributed by atoms with van der Waals surface area (Å²) >= 11 is 0. The zero-order chi connectivity index (χ0) is 17.6. The second-order valence-electron chi connectivity index (χ2n) is 5.53. The maximum Gasteiger partial charge on any atom is 0.280 e. The number of carbonyl (C=O) groups excluding carboxylic acids is 1. The molecule has 0 aliphatic rings. The maximum absolute atomic E-state index is 12.1. The van der Waals surface area contributed by atoms with E-state index in [0.29, 0.717) is 11.3 Å².